The van der Waals surface area contributed by atoms with Crippen LogP contribution in [-0.2, 0) is 11.2 Å². The molecule has 0 aliphatic carbocycles. The Balaban J connectivity index is 2.09. The topological polar surface area (TPSA) is 17.1 Å². The molecule has 0 saturated heterocycles. The van der Waals surface area contributed by atoms with Crippen molar-refractivity contribution in [2.45, 2.75) is 6.42 Å². The highest BCUT2D eigenvalue weighted by Crippen LogP contribution is 2.15. The fourth-order valence-electron chi connectivity index (χ4n) is 1.69. The Kier molecular flexibility index (Phi) is 3.68. The standard InChI is InChI=1S/C16H13FO/c1-12(14-5-3-2-4-6-14)16(18)11-13-7-9-15(17)10-8-13/h2-10H,1,11H2. The molecule has 2 aromatic carbocycles. The molecule has 0 heterocycles. The Hall–Kier alpha value is -2.22. The molecule has 2 heteroatoms. The van der Waals surface area contributed by atoms with Crippen LogP contribution in [0.3, 0.4) is 0 Å². The van der Waals surface area contributed by atoms with Gasteiger partial charge in [0.05, 0.1) is 0 Å². The fraction of sp³-hybridized carbons (Fsp3) is 0.0625. The van der Waals surface area contributed by atoms with Crippen molar-refractivity contribution in [3.8, 4) is 0 Å². The minimum Gasteiger partial charge on any atom is -0.294 e. The molecule has 0 atom stereocenters. The summed E-state index contributed by atoms with van der Waals surface area (Å²) >= 11 is 0. The molecule has 2 rings (SSSR count). The van der Waals surface area contributed by atoms with Gasteiger partial charge in [0, 0.05) is 12.0 Å². The van der Waals surface area contributed by atoms with E-state index >= 15 is 0 Å². The highest BCUT2D eigenvalue weighted by molar-refractivity contribution is 6.20. The van der Waals surface area contributed by atoms with Gasteiger partial charge in [0.25, 0.3) is 0 Å². The van der Waals surface area contributed by atoms with E-state index in [1.54, 1.807) is 12.1 Å². The average Bonchev–Trinajstić information content (AvgIpc) is 2.41. The van der Waals surface area contributed by atoms with E-state index in [0.717, 1.165) is 11.1 Å². The lowest BCUT2D eigenvalue weighted by atomic mass is 9.98. The molecule has 0 bridgehead atoms. The van der Waals surface area contributed by atoms with Gasteiger partial charge in [0.15, 0.2) is 5.78 Å². The maximum Gasteiger partial charge on any atom is 0.167 e. The minimum atomic E-state index is -0.298. The van der Waals surface area contributed by atoms with Crippen LogP contribution in [-0.4, -0.2) is 5.78 Å². The second kappa shape index (κ2) is 5.41. The number of allylic oxidation sites excluding steroid dienone is 1. The van der Waals surface area contributed by atoms with E-state index in [0.29, 0.717) is 5.57 Å². The van der Waals surface area contributed by atoms with Crippen LogP contribution in [0.2, 0.25) is 0 Å². The van der Waals surface area contributed by atoms with Crippen molar-refractivity contribution >= 4 is 11.4 Å². The van der Waals surface area contributed by atoms with Gasteiger partial charge >= 0.3 is 0 Å². The quantitative estimate of drug-likeness (QED) is 0.745. The number of hydrogen-bond donors (Lipinski definition) is 0. The lowest BCUT2D eigenvalue weighted by Gasteiger charge is -2.05. The Labute approximate surface area is 106 Å². The molecule has 0 N–H and O–H groups in total. The summed E-state index contributed by atoms with van der Waals surface area (Å²) in [5.41, 5.74) is 2.10. The van der Waals surface area contributed by atoms with Crippen LogP contribution < -0.4 is 0 Å². The molecule has 0 aliphatic heterocycles. The molecule has 0 fully saturated rings. The SMILES string of the molecule is C=C(C(=O)Cc1ccc(F)cc1)c1ccccc1. The molecule has 90 valence electrons. The first-order valence-electron chi connectivity index (χ1n) is 5.69. The van der Waals surface area contributed by atoms with Gasteiger partial charge in [-0.15, -0.1) is 0 Å². The van der Waals surface area contributed by atoms with Gasteiger partial charge in [-0.1, -0.05) is 49.0 Å². The molecule has 0 amide bonds. The smallest absolute Gasteiger partial charge is 0.167 e. The number of ketones is 1. The number of rotatable bonds is 4. The molecule has 1 nitrogen and oxygen atoms in total. The van der Waals surface area contributed by atoms with Crippen molar-refractivity contribution in [3.63, 3.8) is 0 Å². The van der Waals surface area contributed by atoms with Gasteiger partial charge in [-0.05, 0) is 23.3 Å². The Morgan fingerprint density at radius 1 is 1.00 bits per heavy atom. The monoisotopic (exact) mass is 240 g/mol. The predicted molar refractivity (Wildman–Crippen MR) is 70.6 cm³/mol. The van der Waals surface area contributed by atoms with Crippen LogP contribution >= 0.6 is 0 Å². The first-order chi connectivity index (χ1) is 8.66. The van der Waals surface area contributed by atoms with Crippen LogP contribution in [0.1, 0.15) is 11.1 Å². The average molecular weight is 240 g/mol. The second-order valence-corrected chi connectivity index (χ2v) is 4.07. The minimum absolute atomic E-state index is 0.0483. The number of halogens is 1. The predicted octanol–water partition coefficient (Wildman–Crippen LogP) is 3.65. The molecule has 0 spiro atoms. The molecule has 2 aromatic rings. The molecule has 0 aromatic heterocycles. The van der Waals surface area contributed by atoms with Crippen LogP contribution in [0, 0.1) is 5.82 Å². The van der Waals surface area contributed by atoms with Crippen LogP contribution in [0.5, 0.6) is 0 Å². The van der Waals surface area contributed by atoms with Crippen molar-refractivity contribution in [3.05, 3.63) is 78.1 Å². The van der Waals surface area contributed by atoms with Gasteiger partial charge in [-0.25, -0.2) is 4.39 Å². The number of carbonyl (C=O) groups excluding carboxylic acids is 1. The van der Waals surface area contributed by atoms with Crippen LogP contribution in [0.15, 0.2) is 61.2 Å². The maximum atomic E-state index is 12.7. The zero-order chi connectivity index (χ0) is 13.0. The number of Topliss-reactive ketones (excluding diaryl/α,β-unsaturated/α-hetero) is 1. The highest BCUT2D eigenvalue weighted by Gasteiger charge is 2.10. The van der Waals surface area contributed by atoms with E-state index in [1.165, 1.54) is 12.1 Å². The van der Waals surface area contributed by atoms with Crippen LogP contribution in [0.4, 0.5) is 4.39 Å². The third-order valence-electron chi connectivity index (χ3n) is 2.74. The van der Waals surface area contributed by atoms with E-state index in [-0.39, 0.29) is 18.0 Å². The zero-order valence-corrected chi connectivity index (χ0v) is 9.90. The Morgan fingerprint density at radius 2 is 1.61 bits per heavy atom. The molecular weight excluding hydrogens is 227 g/mol. The summed E-state index contributed by atoms with van der Waals surface area (Å²) in [7, 11) is 0. The number of carbonyl (C=O) groups is 1. The van der Waals surface area contributed by atoms with Gasteiger partial charge < -0.3 is 0 Å². The van der Waals surface area contributed by atoms with Crippen molar-refractivity contribution in [2.75, 3.05) is 0 Å². The van der Waals surface area contributed by atoms with Gasteiger partial charge in [0.2, 0.25) is 0 Å². The summed E-state index contributed by atoms with van der Waals surface area (Å²) in [6.07, 6.45) is 0.244. The van der Waals surface area contributed by atoms with E-state index in [9.17, 15) is 9.18 Å². The number of benzene rings is 2. The van der Waals surface area contributed by atoms with Gasteiger partial charge in [0.1, 0.15) is 5.82 Å². The zero-order valence-electron chi connectivity index (χ0n) is 9.90. The normalized spacial score (nSPS) is 10.1. The third kappa shape index (κ3) is 2.92. The summed E-state index contributed by atoms with van der Waals surface area (Å²) in [4.78, 5) is 12.0. The largest absolute Gasteiger partial charge is 0.294 e. The first-order valence-corrected chi connectivity index (χ1v) is 5.69. The second-order valence-electron chi connectivity index (χ2n) is 4.07. The summed E-state index contributed by atoms with van der Waals surface area (Å²) in [5, 5.41) is 0. The van der Waals surface area contributed by atoms with Crippen molar-refractivity contribution in [2.24, 2.45) is 0 Å². The van der Waals surface area contributed by atoms with E-state index in [4.69, 9.17) is 0 Å². The van der Waals surface area contributed by atoms with E-state index in [1.807, 2.05) is 30.3 Å². The summed E-state index contributed by atoms with van der Waals surface area (Å²) in [6.45, 7) is 3.81. The first kappa shape index (κ1) is 12.2. The van der Waals surface area contributed by atoms with Gasteiger partial charge in [-0.2, -0.15) is 0 Å². The van der Waals surface area contributed by atoms with Crippen LogP contribution in [0.25, 0.3) is 5.57 Å². The maximum absolute atomic E-state index is 12.7. The summed E-state index contributed by atoms with van der Waals surface area (Å²) in [5.74, 6) is -0.346. The fourth-order valence-corrected chi connectivity index (χ4v) is 1.69. The van der Waals surface area contributed by atoms with Crippen molar-refractivity contribution in [1.29, 1.82) is 0 Å². The molecule has 0 aliphatic rings. The van der Waals surface area contributed by atoms with E-state index < -0.39 is 0 Å². The number of hydrogen-bond acceptors (Lipinski definition) is 1. The highest BCUT2D eigenvalue weighted by atomic mass is 19.1. The summed E-state index contributed by atoms with van der Waals surface area (Å²) in [6, 6.07) is 15.3. The Bertz CT molecular complexity index is 555. The molecule has 0 radical (unpaired) electrons. The van der Waals surface area contributed by atoms with Crippen molar-refractivity contribution < 1.29 is 9.18 Å². The van der Waals surface area contributed by atoms with Gasteiger partial charge in [-0.3, -0.25) is 4.79 Å². The van der Waals surface area contributed by atoms with Crippen molar-refractivity contribution in [1.82, 2.24) is 0 Å². The summed E-state index contributed by atoms with van der Waals surface area (Å²) < 4.78 is 12.7. The Morgan fingerprint density at radius 3 is 2.22 bits per heavy atom. The third-order valence-corrected chi connectivity index (χ3v) is 2.74. The lowest BCUT2D eigenvalue weighted by molar-refractivity contribution is -0.113. The molecule has 0 unspecified atom stereocenters. The lowest BCUT2D eigenvalue weighted by Crippen LogP contribution is -2.04. The molecular formula is C16H13FO. The van der Waals surface area contributed by atoms with E-state index in [2.05, 4.69) is 6.58 Å². The molecule has 0 saturated carbocycles. The molecule has 18 heavy (non-hydrogen) atoms.